The van der Waals surface area contributed by atoms with Crippen molar-refractivity contribution in [3.05, 3.63) is 41.8 Å². The lowest BCUT2D eigenvalue weighted by Crippen LogP contribution is -2.23. The fourth-order valence-corrected chi connectivity index (χ4v) is 4.32. The monoisotopic (exact) mass is 333 g/mol. The molecule has 0 atom stereocenters. The molecule has 2 nitrogen and oxygen atoms in total. The standard InChI is InChI=1S/C18H23NOS2/c1-4-18(20)19-9-7-14-12-22-17-6-5-15(11-16(14)17)21-10-8-13(2)3/h4-6,11-13H,1,7-10H2,2-3H3,(H,19,20). The second kappa shape index (κ2) is 8.39. The molecule has 2 aromatic rings. The summed E-state index contributed by atoms with van der Waals surface area (Å²) in [5.74, 6) is 1.81. The molecule has 0 bridgehead atoms. The molecule has 0 radical (unpaired) electrons. The number of thioether (sulfide) groups is 1. The van der Waals surface area contributed by atoms with Crippen molar-refractivity contribution in [2.45, 2.75) is 31.6 Å². The second-order valence-electron chi connectivity index (χ2n) is 5.70. The van der Waals surface area contributed by atoms with Gasteiger partial charge in [0, 0.05) is 16.1 Å². The molecule has 1 heterocycles. The van der Waals surface area contributed by atoms with E-state index in [1.54, 1.807) is 11.3 Å². The van der Waals surface area contributed by atoms with Gasteiger partial charge in [-0.15, -0.1) is 23.1 Å². The van der Waals surface area contributed by atoms with E-state index in [0.717, 1.165) is 18.1 Å². The summed E-state index contributed by atoms with van der Waals surface area (Å²) in [7, 11) is 0. The van der Waals surface area contributed by atoms with E-state index < -0.39 is 0 Å². The summed E-state index contributed by atoms with van der Waals surface area (Å²) in [5, 5.41) is 6.37. The van der Waals surface area contributed by atoms with E-state index in [0.29, 0.717) is 6.54 Å². The molecular formula is C18H23NOS2. The van der Waals surface area contributed by atoms with Gasteiger partial charge in [-0.2, -0.15) is 0 Å². The summed E-state index contributed by atoms with van der Waals surface area (Å²) in [6.45, 7) is 8.64. The van der Waals surface area contributed by atoms with Gasteiger partial charge in [0.1, 0.15) is 0 Å². The Balaban J connectivity index is 2.01. The first-order valence-electron chi connectivity index (χ1n) is 7.63. The molecule has 0 aliphatic heterocycles. The summed E-state index contributed by atoms with van der Waals surface area (Å²) in [5.41, 5.74) is 1.32. The number of carbonyl (C=O) groups excluding carboxylic acids is 1. The van der Waals surface area contributed by atoms with Gasteiger partial charge in [-0.3, -0.25) is 4.79 Å². The summed E-state index contributed by atoms with van der Waals surface area (Å²) in [6, 6.07) is 6.72. The minimum Gasteiger partial charge on any atom is -0.352 e. The van der Waals surface area contributed by atoms with Gasteiger partial charge in [0.05, 0.1) is 0 Å². The van der Waals surface area contributed by atoms with E-state index >= 15 is 0 Å². The topological polar surface area (TPSA) is 29.1 Å². The molecule has 4 heteroatoms. The van der Waals surface area contributed by atoms with Crippen LogP contribution in [0.15, 0.2) is 41.1 Å². The summed E-state index contributed by atoms with van der Waals surface area (Å²) >= 11 is 3.70. The molecule has 1 N–H and O–H groups in total. The van der Waals surface area contributed by atoms with Crippen molar-refractivity contribution in [3.63, 3.8) is 0 Å². The van der Waals surface area contributed by atoms with Gasteiger partial charge in [0.2, 0.25) is 5.91 Å². The van der Waals surface area contributed by atoms with Crippen LogP contribution in [-0.2, 0) is 11.2 Å². The van der Waals surface area contributed by atoms with Gasteiger partial charge in [0.15, 0.2) is 0 Å². The van der Waals surface area contributed by atoms with E-state index in [2.05, 4.69) is 49.3 Å². The quantitative estimate of drug-likeness (QED) is 0.551. The first-order chi connectivity index (χ1) is 10.6. The number of nitrogens with one attached hydrogen (secondary N) is 1. The third-order valence-electron chi connectivity index (χ3n) is 3.47. The van der Waals surface area contributed by atoms with E-state index in [9.17, 15) is 4.79 Å². The number of amides is 1. The van der Waals surface area contributed by atoms with Crippen LogP contribution >= 0.6 is 23.1 Å². The number of carbonyl (C=O) groups is 1. The highest BCUT2D eigenvalue weighted by Crippen LogP contribution is 2.31. The van der Waals surface area contributed by atoms with Crippen LogP contribution in [0.25, 0.3) is 10.1 Å². The predicted molar refractivity (Wildman–Crippen MR) is 98.9 cm³/mol. The third-order valence-corrected chi connectivity index (χ3v) is 5.51. The molecule has 1 amide bonds. The van der Waals surface area contributed by atoms with E-state index in [4.69, 9.17) is 0 Å². The van der Waals surface area contributed by atoms with E-state index in [-0.39, 0.29) is 5.91 Å². The van der Waals surface area contributed by atoms with Crippen molar-refractivity contribution in [2.24, 2.45) is 5.92 Å². The lowest BCUT2D eigenvalue weighted by molar-refractivity contribution is -0.116. The van der Waals surface area contributed by atoms with Crippen molar-refractivity contribution < 1.29 is 4.79 Å². The van der Waals surface area contributed by atoms with Crippen LogP contribution in [0.4, 0.5) is 0 Å². The maximum absolute atomic E-state index is 11.2. The van der Waals surface area contributed by atoms with E-state index in [1.807, 2.05) is 11.8 Å². The van der Waals surface area contributed by atoms with Crippen molar-refractivity contribution >= 4 is 39.1 Å². The average molecular weight is 334 g/mol. The predicted octanol–water partition coefficient (Wildman–Crippen LogP) is 4.88. The first kappa shape index (κ1) is 17.1. The average Bonchev–Trinajstić information content (AvgIpc) is 2.89. The number of benzene rings is 1. The molecule has 2 rings (SSSR count). The Kier molecular flexibility index (Phi) is 6.52. The van der Waals surface area contributed by atoms with Crippen LogP contribution < -0.4 is 5.32 Å². The van der Waals surface area contributed by atoms with Crippen molar-refractivity contribution in [1.82, 2.24) is 5.32 Å². The van der Waals surface area contributed by atoms with Crippen molar-refractivity contribution in [3.8, 4) is 0 Å². The zero-order chi connectivity index (χ0) is 15.9. The summed E-state index contributed by atoms with van der Waals surface area (Å²) in [6.07, 6.45) is 3.42. The Bertz CT molecular complexity index is 646. The van der Waals surface area contributed by atoms with Crippen LogP contribution in [0.3, 0.4) is 0 Å². The smallest absolute Gasteiger partial charge is 0.243 e. The normalized spacial score (nSPS) is 11.0. The molecule has 0 aliphatic carbocycles. The van der Waals surface area contributed by atoms with Crippen LogP contribution in [0.5, 0.6) is 0 Å². The maximum Gasteiger partial charge on any atom is 0.243 e. The zero-order valence-electron chi connectivity index (χ0n) is 13.2. The number of hydrogen-bond acceptors (Lipinski definition) is 3. The largest absolute Gasteiger partial charge is 0.352 e. The lowest BCUT2D eigenvalue weighted by atomic mass is 10.1. The van der Waals surface area contributed by atoms with Crippen molar-refractivity contribution in [1.29, 1.82) is 0 Å². The Hall–Kier alpha value is -1.26. The molecule has 1 aromatic heterocycles. The van der Waals surface area contributed by atoms with Crippen LogP contribution in [0, 0.1) is 5.92 Å². The molecule has 1 aromatic carbocycles. The highest BCUT2D eigenvalue weighted by Gasteiger charge is 2.06. The summed E-state index contributed by atoms with van der Waals surface area (Å²) in [4.78, 5) is 12.5. The van der Waals surface area contributed by atoms with Gasteiger partial charge >= 0.3 is 0 Å². The highest BCUT2D eigenvalue weighted by molar-refractivity contribution is 7.99. The van der Waals surface area contributed by atoms with Crippen LogP contribution in [0.2, 0.25) is 0 Å². The maximum atomic E-state index is 11.2. The minimum atomic E-state index is -0.107. The molecule has 0 saturated heterocycles. The number of hydrogen-bond donors (Lipinski definition) is 1. The molecule has 0 saturated carbocycles. The molecular weight excluding hydrogens is 310 g/mol. The van der Waals surface area contributed by atoms with Gasteiger partial charge in [-0.1, -0.05) is 20.4 Å². The fourth-order valence-electron chi connectivity index (χ4n) is 2.15. The lowest BCUT2D eigenvalue weighted by Gasteiger charge is -2.06. The third kappa shape index (κ3) is 4.89. The Morgan fingerprint density at radius 2 is 2.27 bits per heavy atom. The van der Waals surface area contributed by atoms with Crippen LogP contribution in [0.1, 0.15) is 25.8 Å². The second-order valence-corrected chi connectivity index (χ2v) is 7.77. The Morgan fingerprint density at radius 1 is 1.45 bits per heavy atom. The SMILES string of the molecule is C=CC(=O)NCCc1csc2ccc(SCCC(C)C)cc12. The van der Waals surface area contributed by atoms with Gasteiger partial charge < -0.3 is 5.32 Å². The first-order valence-corrected chi connectivity index (χ1v) is 9.50. The van der Waals surface area contributed by atoms with Gasteiger partial charge in [0.25, 0.3) is 0 Å². The number of thiophene rings is 1. The number of fused-ring (bicyclic) bond motifs is 1. The van der Waals surface area contributed by atoms with Gasteiger partial charge in [-0.25, -0.2) is 0 Å². The molecule has 0 aliphatic rings. The van der Waals surface area contributed by atoms with Crippen LogP contribution in [-0.4, -0.2) is 18.2 Å². The van der Waals surface area contributed by atoms with Crippen molar-refractivity contribution in [2.75, 3.05) is 12.3 Å². The molecule has 0 unspecified atom stereocenters. The zero-order valence-corrected chi connectivity index (χ0v) is 14.9. The summed E-state index contributed by atoms with van der Waals surface area (Å²) < 4.78 is 1.32. The number of rotatable bonds is 8. The Labute approximate surface area is 141 Å². The van der Waals surface area contributed by atoms with Gasteiger partial charge in [-0.05, 0) is 65.1 Å². The molecule has 118 valence electrons. The molecule has 0 spiro atoms. The highest BCUT2D eigenvalue weighted by atomic mass is 32.2. The fraction of sp³-hybridized carbons (Fsp3) is 0.389. The Morgan fingerprint density at radius 3 is 3.00 bits per heavy atom. The molecule has 22 heavy (non-hydrogen) atoms. The molecule has 0 fully saturated rings. The van der Waals surface area contributed by atoms with E-state index in [1.165, 1.54) is 33.0 Å². The minimum absolute atomic E-state index is 0.107.